The van der Waals surface area contributed by atoms with Gasteiger partial charge < -0.3 is 9.47 Å². The molecule has 0 saturated carbocycles. The van der Waals surface area contributed by atoms with Crippen LogP contribution in [0.15, 0.2) is 72.8 Å². The molecule has 4 rings (SSSR count). The number of ether oxygens (including phenoxy) is 2. The standard InChI is InChI=1S/2C15H12ClFO2/c1-10-2-7-13(11-3-5-12(17)6-4-11)15(16)14(10)8-19-9-18;1-10-13(11-2-4-12(17)5-3-11)6-7-15(16)14(10)8-19-9-18/h2*2-7,9H,8H2,1H3. The van der Waals surface area contributed by atoms with E-state index in [1.807, 2.05) is 32.0 Å². The zero-order chi connectivity index (χ0) is 27.7. The molecule has 0 atom stereocenters. The molecule has 0 aliphatic heterocycles. The van der Waals surface area contributed by atoms with Gasteiger partial charge in [0.05, 0.1) is 5.02 Å². The van der Waals surface area contributed by atoms with Crippen LogP contribution in [0.4, 0.5) is 8.78 Å². The van der Waals surface area contributed by atoms with Gasteiger partial charge >= 0.3 is 0 Å². The van der Waals surface area contributed by atoms with E-state index in [-0.39, 0.29) is 24.8 Å². The number of carbonyl (C=O) groups excluding carboxylic acids is 2. The Balaban J connectivity index is 0.000000211. The van der Waals surface area contributed by atoms with Gasteiger partial charge in [-0.15, -0.1) is 0 Å². The third-order valence-corrected chi connectivity index (χ3v) is 6.71. The summed E-state index contributed by atoms with van der Waals surface area (Å²) in [6.45, 7) is 4.82. The summed E-state index contributed by atoms with van der Waals surface area (Å²) in [7, 11) is 0. The van der Waals surface area contributed by atoms with Crippen molar-refractivity contribution in [2.75, 3.05) is 0 Å². The predicted octanol–water partition coefficient (Wildman–Crippen LogP) is 8.26. The second-order valence-corrected chi connectivity index (χ2v) is 9.03. The summed E-state index contributed by atoms with van der Waals surface area (Å²) in [6, 6.07) is 19.7. The molecule has 0 aliphatic rings. The van der Waals surface area contributed by atoms with E-state index in [0.717, 1.165) is 44.5 Å². The molecule has 0 heterocycles. The molecule has 8 heteroatoms. The maximum atomic E-state index is 12.9. The van der Waals surface area contributed by atoms with E-state index < -0.39 is 0 Å². The van der Waals surface area contributed by atoms with Crippen molar-refractivity contribution in [3.8, 4) is 22.3 Å². The van der Waals surface area contributed by atoms with Crippen LogP contribution in [-0.4, -0.2) is 12.9 Å². The van der Waals surface area contributed by atoms with Crippen molar-refractivity contribution in [3.63, 3.8) is 0 Å². The van der Waals surface area contributed by atoms with Crippen LogP contribution < -0.4 is 0 Å². The molecule has 0 radical (unpaired) electrons. The normalized spacial score (nSPS) is 10.3. The summed E-state index contributed by atoms with van der Waals surface area (Å²) in [4.78, 5) is 20.6. The van der Waals surface area contributed by atoms with E-state index in [4.69, 9.17) is 32.7 Å². The second-order valence-electron chi connectivity index (χ2n) is 8.25. The lowest BCUT2D eigenvalue weighted by atomic mass is 9.96. The van der Waals surface area contributed by atoms with Gasteiger partial charge in [-0.3, -0.25) is 9.59 Å². The van der Waals surface area contributed by atoms with Gasteiger partial charge in [-0.25, -0.2) is 8.78 Å². The van der Waals surface area contributed by atoms with Crippen LogP contribution >= 0.6 is 23.2 Å². The quantitative estimate of drug-likeness (QED) is 0.205. The molecule has 0 unspecified atom stereocenters. The molecular weight excluding hydrogens is 533 g/mol. The van der Waals surface area contributed by atoms with Crippen LogP contribution in [0, 0.1) is 25.5 Å². The molecular formula is C30H24Cl2F2O4. The van der Waals surface area contributed by atoms with Gasteiger partial charge in [0.1, 0.15) is 24.8 Å². The first-order valence-electron chi connectivity index (χ1n) is 11.4. The highest BCUT2D eigenvalue weighted by Gasteiger charge is 2.12. The van der Waals surface area contributed by atoms with Crippen molar-refractivity contribution in [1.82, 2.24) is 0 Å². The third kappa shape index (κ3) is 7.18. The molecule has 0 saturated heterocycles. The second kappa shape index (κ2) is 13.7. The predicted molar refractivity (Wildman–Crippen MR) is 145 cm³/mol. The number of carbonyl (C=O) groups is 2. The Morgan fingerprint density at radius 1 is 0.658 bits per heavy atom. The van der Waals surface area contributed by atoms with Gasteiger partial charge in [0, 0.05) is 21.7 Å². The Morgan fingerprint density at radius 2 is 1.13 bits per heavy atom. The van der Waals surface area contributed by atoms with E-state index in [9.17, 15) is 18.4 Å². The van der Waals surface area contributed by atoms with Gasteiger partial charge in [0.15, 0.2) is 0 Å². The zero-order valence-corrected chi connectivity index (χ0v) is 22.2. The highest BCUT2D eigenvalue weighted by atomic mass is 35.5. The fraction of sp³-hybridized carbons (Fsp3) is 0.133. The largest absolute Gasteiger partial charge is 0.463 e. The molecule has 0 aromatic heterocycles. The van der Waals surface area contributed by atoms with Crippen molar-refractivity contribution in [1.29, 1.82) is 0 Å². The number of rotatable bonds is 8. The fourth-order valence-corrected chi connectivity index (χ4v) is 4.46. The van der Waals surface area contributed by atoms with Crippen LogP contribution in [0.1, 0.15) is 22.3 Å². The van der Waals surface area contributed by atoms with Crippen molar-refractivity contribution >= 4 is 36.1 Å². The van der Waals surface area contributed by atoms with Crippen molar-refractivity contribution in [3.05, 3.63) is 117 Å². The van der Waals surface area contributed by atoms with Crippen molar-refractivity contribution < 1.29 is 27.8 Å². The lowest BCUT2D eigenvalue weighted by Gasteiger charge is -2.13. The molecule has 4 aromatic rings. The lowest BCUT2D eigenvalue weighted by Crippen LogP contribution is -1.97. The first-order valence-corrected chi connectivity index (χ1v) is 12.2. The average molecular weight is 557 g/mol. The van der Waals surface area contributed by atoms with E-state index in [1.54, 1.807) is 30.3 Å². The highest BCUT2D eigenvalue weighted by Crippen LogP contribution is 2.33. The number of hydrogen-bond donors (Lipinski definition) is 0. The molecule has 0 spiro atoms. The third-order valence-electron chi connectivity index (χ3n) is 5.92. The Bertz CT molecular complexity index is 1300. The maximum absolute atomic E-state index is 12.9. The number of halogens is 4. The molecule has 4 nitrogen and oxygen atoms in total. The van der Waals surface area contributed by atoms with Crippen LogP contribution in [0.5, 0.6) is 0 Å². The monoisotopic (exact) mass is 556 g/mol. The summed E-state index contributed by atoms with van der Waals surface area (Å²) in [5.41, 5.74) is 6.82. The Labute approximate surface area is 229 Å². The minimum Gasteiger partial charge on any atom is -0.463 e. The number of hydrogen-bond acceptors (Lipinski definition) is 4. The lowest BCUT2D eigenvalue weighted by molar-refractivity contribution is -0.130. The first kappa shape index (κ1) is 28.8. The van der Waals surface area contributed by atoms with E-state index in [1.165, 1.54) is 24.3 Å². The molecule has 0 aliphatic carbocycles. The number of benzene rings is 4. The minimum atomic E-state index is -0.295. The highest BCUT2D eigenvalue weighted by molar-refractivity contribution is 6.34. The molecule has 0 fully saturated rings. The molecule has 0 N–H and O–H groups in total. The maximum Gasteiger partial charge on any atom is 0.293 e. The number of aryl methyl sites for hydroxylation is 1. The Kier molecular flexibility index (Phi) is 10.4. The Morgan fingerprint density at radius 3 is 1.66 bits per heavy atom. The van der Waals surface area contributed by atoms with Gasteiger partial charge in [-0.1, -0.05) is 65.7 Å². The first-order chi connectivity index (χ1) is 18.3. The molecule has 4 aromatic carbocycles. The molecule has 38 heavy (non-hydrogen) atoms. The summed E-state index contributed by atoms with van der Waals surface area (Å²) >= 11 is 12.4. The van der Waals surface area contributed by atoms with Gasteiger partial charge in [0.2, 0.25) is 0 Å². The smallest absolute Gasteiger partial charge is 0.293 e. The molecule has 0 bridgehead atoms. The van der Waals surface area contributed by atoms with Crippen molar-refractivity contribution in [2.45, 2.75) is 27.1 Å². The minimum absolute atomic E-state index is 0.128. The van der Waals surface area contributed by atoms with E-state index >= 15 is 0 Å². The zero-order valence-electron chi connectivity index (χ0n) is 20.6. The summed E-state index contributed by atoms with van der Waals surface area (Å²) < 4.78 is 35.4. The topological polar surface area (TPSA) is 52.6 Å². The van der Waals surface area contributed by atoms with Gasteiger partial charge in [0.25, 0.3) is 12.9 Å². The summed E-state index contributed by atoms with van der Waals surface area (Å²) in [5, 5.41) is 1.07. The SMILES string of the molecule is Cc1c(-c2ccc(F)cc2)ccc(Cl)c1COC=O.Cc1ccc(-c2ccc(F)cc2)c(Cl)c1COC=O. The Hall–Kier alpha value is -3.74. The van der Waals surface area contributed by atoms with E-state index in [2.05, 4.69) is 0 Å². The van der Waals surface area contributed by atoms with Crippen LogP contribution in [0.3, 0.4) is 0 Å². The van der Waals surface area contributed by atoms with Crippen molar-refractivity contribution in [2.24, 2.45) is 0 Å². The van der Waals surface area contributed by atoms with Gasteiger partial charge in [-0.05, 0) is 72.0 Å². The van der Waals surface area contributed by atoms with Crippen LogP contribution in [0.2, 0.25) is 10.0 Å². The molecule has 0 amide bonds. The summed E-state index contributed by atoms with van der Waals surface area (Å²) in [5.74, 6) is -0.573. The molecule has 196 valence electrons. The fourth-order valence-electron chi connectivity index (χ4n) is 3.83. The average Bonchev–Trinajstić information content (AvgIpc) is 2.90. The van der Waals surface area contributed by atoms with E-state index in [0.29, 0.717) is 23.0 Å². The summed E-state index contributed by atoms with van der Waals surface area (Å²) in [6.07, 6.45) is 0. The van der Waals surface area contributed by atoms with Crippen LogP contribution in [0.25, 0.3) is 22.3 Å². The van der Waals surface area contributed by atoms with Gasteiger partial charge in [-0.2, -0.15) is 0 Å². The van der Waals surface area contributed by atoms with Crippen LogP contribution in [-0.2, 0) is 32.3 Å².